The van der Waals surface area contributed by atoms with Crippen LogP contribution in [-0.4, -0.2) is 20.0 Å². The lowest BCUT2D eigenvalue weighted by atomic mass is 10.0. The molecule has 3 nitrogen and oxygen atoms in total. The van der Waals surface area contributed by atoms with Gasteiger partial charge in [0.2, 0.25) is 0 Å². The summed E-state index contributed by atoms with van der Waals surface area (Å²) in [6, 6.07) is 3.92. The van der Waals surface area contributed by atoms with Crippen LogP contribution in [0.15, 0.2) is 12.1 Å². The van der Waals surface area contributed by atoms with Crippen LogP contribution in [0.5, 0.6) is 11.5 Å². The molecule has 0 amide bonds. The Balaban J connectivity index is 2.44. The van der Waals surface area contributed by atoms with Crippen molar-refractivity contribution < 1.29 is 14.3 Å². The van der Waals surface area contributed by atoms with E-state index in [9.17, 15) is 4.79 Å². The molecule has 1 aromatic carbocycles. The summed E-state index contributed by atoms with van der Waals surface area (Å²) >= 11 is 0. The molecule has 0 heterocycles. The summed E-state index contributed by atoms with van der Waals surface area (Å²) in [6.07, 6.45) is 3.08. The zero-order valence-corrected chi connectivity index (χ0v) is 9.71. The van der Waals surface area contributed by atoms with Gasteiger partial charge in [-0.3, -0.25) is 4.79 Å². The molecule has 0 spiro atoms. The number of hydrogen-bond donors (Lipinski definition) is 0. The van der Waals surface area contributed by atoms with Crippen molar-refractivity contribution in [1.29, 1.82) is 0 Å². The maximum absolute atomic E-state index is 11.5. The molecule has 3 heteroatoms. The van der Waals surface area contributed by atoms with E-state index in [0.717, 1.165) is 24.2 Å². The molecule has 86 valence electrons. The highest BCUT2D eigenvalue weighted by molar-refractivity contribution is 5.82. The number of carbonyl (C=O) groups is 1. The minimum atomic E-state index is 0.311. The van der Waals surface area contributed by atoms with Crippen LogP contribution in [0.1, 0.15) is 24.0 Å². The van der Waals surface area contributed by atoms with Crippen molar-refractivity contribution in [1.82, 2.24) is 0 Å². The molecule has 0 unspecified atom stereocenters. The van der Waals surface area contributed by atoms with E-state index in [4.69, 9.17) is 9.47 Å². The Bertz CT molecular complexity index is 410. The van der Waals surface area contributed by atoms with Crippen molar-refractivity contribution in [2.75, 3.05) is 14.2 Å². The minimum Gasteiger partial charge on any atom is -0.493 e. The zero-order chi connectivity index (χ0) is 11.5. The number of Topliss-reactive ketones (excluding diaryl/α,β-unsaturated/α-hetero) is 1. The SMILES string of the molecule is COc1cc2c(cc1OC)CC(=O)CCC2. The largest absolute Gasteiger partial charge is 0.493 e. The number of methoxy groups -OCH3 is 2. The van der Waals surface area contributed by atoms with Gasteiger partial charge < -0.3 is 9.47 Å². The van der Waals surface area contributed by atoms with Crippen molar-refractivity contribution in [2.24, 2.45) is 0 Å². The molecule has 1 aliphatic carbocycles. The van der Waals surface area contributed by atoms with Crippen molar-refractivity contribution >= 4 is 5.78 Å². The molecule has 0 aliphatic heterocycles. The van der Waals surface area contributed by atoms with Gasteiger partial charge in [-0.2, -0.15) is 0 Å². The van der Waals surface area contributed by atoms with Gasteiger partial charge in [0.05, 0.1) is 14.2 Å². The normalized spacial score (nSPS) is 15.2. The van der Waals surface area contributed by atoms with E-state index in [-0.39, 0.29) is 0 Å². The molecule has 0 aromatic heterocycles. The van der Waals surface area contributed by atoms with Crippen molar-refractivity contribution in [3.63, 3.8) is 0 Å². The fourth-order valence-corrected chi connectivity index (χ4v) is 2.14. The molecule has 0 atom stereocenters. The Hall–Kier alpha value is -1.51. The Morgan fingerprint density at radius 1 is 1.00 bits per heavy atom. The molecular formula is C13H16O3. The number of carbonyl (C=O) groups excluding carboxylic acids is 1. The third-order valence-electron chi connectivity index (χ3n) is 3.00. The summed E-state index contributed by atoms with van der Waals surface area (Å²) in [5.41, 5.74) is 2.30. The highest BCUT2D eigenvalue weighted by atomic mass is 16.5. The summed E-state index contributed by atoms with van der Waals surface area (Å²) in [5.74, 6) is 1.76. The lowest BCUT2D eigenvalue weighted by molar-refractivity contribution is -0.118. The molecule has 0 saturated heterocycles. The second-order valence-electron chi connectivity index (χ2n) is 4.04. The van der Waals surface area contributed by atoms with Crippen LogP contribution >= 0.6 is 0 Å². The second-order valence-corrected chi connectivity index (χ2v) is 4.04. The van der Waals surface area contributed by atoms with Gasteiger partial charge >= 0.3 is 0 Å². The van der Waals surface area contributed by atoms with Crippen molar-refractivity contribution in [2.45, 2.75) is 25.7 Å². The van der Waals surface area contributed by atoms with Crippen LogP contribution in [0.3, 0.4) is 0 Å². The van der Waals surface area contributed by atoms with E-state index < -0.39 is 0 Å². The third kappa shape index (κ3) is 2.03. The van der Waals surface area contributed by atoms with Gasteiger partial charge in [0.25, 0.3) is 0 Å². The number of rotatable bonds is 2. The minimum absolute atomic E-state index is 0.311. The van der Waals surface area contributed by atoms with Crippen molar-refractivity contribution in [3.8, 4) is 11.5 Å². The number of ketones is 1. The van der Waals surface area contributed by atoms with Crippen molar-refractivity contribution in [3.05, 3.63) is 23.3 Å². The van der Waals surface area contributed by atoms with Gasteiger partial charge in [0.1, 0.15) is 5.78 Å². The van der Waals surface area contributed by atoms with E-state index in [1.165, 1.54) is 5.56 Å². The fourth-order valence-electron chi connectivity index (χ4n) is 2.14. The Labute approximate surface area is 95.4 Å². The summed E-state index contributed by atoms with van der Waals surface area (Å²) in [6.45, 7) is 0. The van der Waals surface area contributed by atoms with E-state index in [1.54, 1.807) is 14.2 Å². The van der Waals surface area contributed by atoms with Gasteiger partial charge in [-0.25, -0.2) is 0 Å². The van der Waals surface area contributed by atoms with Crippen LogP contribution in [0.25, 0.3) is 0 Å². The maximum atomic E-state index is 11.5. The highest BCUT2D eigenvalue weighted by Gasteiger charge is 2.17. The smallest absolute Gasteiger partial charge is 0.161 e. The van der Waals surface area contributed by atoms with Crippen LogP contribution in [0, 0.1) is 0 Å². The Morgan fingerprint density at radius 2 is 1.62 bits per heavy atom. The Morgan fingerprint density at radius 3 is 2.25 bits per heavy atom. The summed E-state index contributed by atoms with van der Waals surface area (Å²) in [5, 5.41) is 0. The summed E-state index contributed by atoms with van der Waals surface area (Å²) in [4.78, 5) is 11.5. The van der Waals surface area contributed by atoms with Gasteiger partial charge in [0, 0.05) is 12.8 Å². The molecule has 1 aromatic rings. The lowest BCUT2D eigenvalue weighted by Crippen LogP contribution is -2.01. The predicted octanol–water partition coefficient (Wildman–Crippen LogP) is 2.15. The van der Waals surface area contributed by atoms with Gasteiger partial charge in [-0.05, 0) is 36.1 Å². The molecule has 0 fully saturated rings. The van der Waals surface area contributed by atoms with Crippen LogP contribution in [-0.2, 0) is 17.6 Å². The fraction of sp³-hybridized carbons (Fsp3) is 0.462. The number of benzene rings is 1. The van der Waals surface area contributed by atoms with E-state index >= 15 is 0 Å². The molecule has 0 saturated carbocycles. The average Bonchev–Trinajstić information content (AvgIpc) is 2.47. The quantitative estimate of drug-likeness (QED) is 0.716. The van der Waals surface area contributed by atoms with Gasteiger partial charge in [0.15, 0.2) is 11.5 Å². The van der Waals surface area contributed by atoms with Crippen LogP contribution in [0.4, 0.5) is 0 Å². The number of ether oxygens (including phenoxy) is 2. The molecule has 16 heavy (non-hydrogen) atoms. The first-order chi connectivity index (χ1) is 7.74. The summed E-state index contributed by atoms with van der Waals surface area (Å²) < 4.78 is 10.5. The lowest BCUT2D eigenvalue weighted by Gasteiger charge is -2.12. The molecule has 0 bridgehead atoms. The van der Waals surface area contributed by atoms with Gasteiger partial charge in [-0.1, -0.05) is 0 Å². The monoisotopic (exact) mass is 220 g/mol. The standard InChI is InChI=1S/C13H16O3/c1-15-12-7-9-4-3-5-11(14)6-10(9)8-13(12)16-2/h7-8H,3-6H2,1-2H3. The first-order valence-corrected chi connectivity index (χ1v) is 5.50. The molecule has 1 aliphatic rings. The molecule has 0 N–H and O–H groups in total. The van der Waals surface area contributed by atoms with Crippen LogP contribution < -0.4 is 9.47 Å². The molecule has 0 radical (unpaired) electrons. The highest BCUT2D eigenvalue weighted by Crippen LogP contribution is 2.32. The first-order valence-electron chi connectivity index (χ1n) is 5.50. The predicted molar refractivity (Wildman–Crippen MR) is 61.2 cm³/mol. The number of fused-ring (bicyclic) bond motifs is 1. The molecular weight excluding hydrogens is 204 g/mol. The number of hydrogen-bond acceptors (Lipinski definition) is 3. The zero-order valence-electron chi connectivity index (χ0n) is 9.71. The van der Waals surface area contributed by atoms with E-state index in [2.05, 4.69) is 0 Å². The first kappa shape index (κ1) is 11.0. The average molecular weight is 220 g/mol. The maximum Gasteiger partial charge on any atom is 0.161 e. The molecule has 2 rings (SSSR count). The van der Waals surface area contributed by atoms with E-state index in [1.807, 2.05) is 12.1 Å². The summed E-state index contributed by atoms with van der Waals surface area (Å²) in [7, 11) is 3.24. The van der Waals surface area contributed by atoms with Crippen LogP contribution in [0.2, 0.25) is 0 Å². The second kappa shape index (κ2) is 4.56. The Kier molecular flexibility index (Phi) is 3.13. The topological polar surface area (TPSA) is 35.5 Å². The number of aryl methyl sites for hydroxylation is 1. The van der Waals surface area contributed by atoms with E-state index in [0.29, 0.717) is 24.4 Å². The van der Waals surface area contributed by atoms with Gasteiger partial charge in [-0.15, -0.1) is 0 Å². The third-order valence-corrected chi connectivity index (χ3v) is 3.00.